The number of halogens is 2. The van der Waals surface area contributed by atoms with Gasteiger partial charge < -0.3 is 0 Å². The van der Waals surface area contributed by atoms with E-state index in [0.29, 0.717) is 0 Å². The fraction of sp³-hybridized carbons (Fsp3) is 0.231. The monoisotopic (exact) mass is 270 g/mol. The predicted octanol–water partition coefficient (Wildman–Crippen LogP) is 5.23. The van der Waals surface area contributed by atoms with Crippen molar-refractivity contribution in [2.75, 3.05) is 0 Å². The zero-order valence-electron chi connectivity index (χ0n) is 8.91. The zero-order valence-corrected chi connectivity index (χ0v) is 11.2. The lowest BCUT2D eigenvalue weighted by Gasteiger charge is -2.08. The van der Waals surface area contributed by atoms with Crippen LogP contribution in [0.15, 0.2) is 35.7 Å². The van der Waals surface area contributed by atoms with E-state index in [0.717, 1.165) is 16.3 Å². The minimum absolute atomic E-state index is 0.0322. The Balaban J connectivity index is 2.10. The molecular formula is C13H12Cl2S. The molecule has 0 radical (unpaired) electrons. The lowest BCUT2D eigenvalue weighted by atomic mass is 10.1. The third-order valence-corrected chi connectivity index (χ3v) is 4.44. The minimum atomic E-state index is -0.0322. The van der Waals surface area contributed by atoms with Crippen LogP contribution in [0.4, 0.5) is 0 Å². The molecule has 0 saturated heterocycles. The van der Waals surface area contributed by atoms with Gasteiger partial charge in [-0.05, 0) is 30.4 Å². The summed E-state index contributed by atoms with van der Waals surface area (Å²) in [6.07, 6.45) is 0.821. The second-order valence-electron chi connectivity index (χ2n) is 3.79. The molecule has 1 unspecified atom stereocenters. The molecule has 0 nitrogen and oxygen atoms in total. The Kier molecular flexibility index (Phi) is 3.91. The van der Waals surface area contributed by atoms with Crippen LogP contribution in [0.3, 0.4) is 0 Å². The second kappa shape index (κ2) is 5.22. The largest absolute Gasteiger partial charge is 0.146 e. The Morgan fingerprint density at radius 3 is 2.44 bits per heavy atom. The molecule has 0 aliphatic heterocycles. The first-order valence-corrected chi connectivity index (χ1v) is 6.78. The summed E-state index contributed by atoms with van der Waals surface area (Å²) in [5, 5.41) is 2.72. The summed E-state index contributed by atoms with van der Waals surface area (Å²) in [5.74, 6) is 0. The van der Waals surface area contributed by atoms with Gasteiger partial charge in [0, 0.05) is 4.88 Å². The fourth-order valence-electron chi connectivity index (χ4n) is 1.55. The van der Waals surface area contributed by atoms with Crippen LogP contribution in [-0.4, -0.2) is 0 Å². The quantitative estimate of drug-likeness (QED) is 0.670. The van der Waals surface area contributed by atoms with Gasteiger partial charge >= 0.3 is 0 Å². The first-order chi connectivity index (χ1) is 7.66. The summed E-state index contributed by atoms with van der Waals surface area (Å²) >= 11 is 14.0. The number of thiophene rings is 1. The van der Waals surface area contributed by atoms with Gasteiger partial charge in [0.2, 0.25) is 0 Å². The van der Waals surface area contributed by atoms with Gasteiger partial charge in [-0.1, -0.05) is 41.4 Å². The lowest BCUT2D eigenvalue weighted by Crippen LogP contribution is -1.94. The highest BCUT2D eigenvalue weighted by Crippen LogP contribution is 2.34. The molecule has 0 fully saturated rings. The smallest absolute Gasteiger partial charge is 0.0733 e. The van der Waals surface area contributed by atoms with Crippen molar-refractivity contribution >= 4 is 34.5 Å². The molecule has 0 bridgehead atoms. The summed E-state index contributed by atoms with van der Waals surface area (Å²) in [7, 11) is 0. The number of alkyl halides is 1. The highest BCUT2D eigenvalue weighted by atomic mass is 35.5. The molecular weight excluding hydrogens is 259 g/mol. The first kappa shape index (κ1) is 12.0. The van der Waals surface area contributed by atoms with Crippen LogP contribution >= 0.6 is 34.5 Å². The van der Waals surface area contributed by atoms with Gasteiger partial charge in [-0.2, -0.15) is 0 Å². The van der Waals surface area contributed by atoms with Crippen LogP contribution in [0.2, 0.25) is 5.02 Å². The minimum Gasteiger partial charge on any atom is -0.146 e. The summed E-state index contributed by atoms with van der Waals surface area (Å²) in [5.41, 5.74) is 2.51. The molecule has 1 atom stereocenters. The number of rotatable bonds is 3. The van der Waals surface area contributed by atoms with Crippen LogP contribution in [0.25, 0.3) is 0 Å². The molecule has 0 aliphatic rings. The summed E-state index contributed by atoms with van der Waals surface area (Å²) in [6, 6.07) is 10.3. The van der Waals surface area contributed by atoms with Crippen LogP contribution in [0.1, 0.15) is 21.4 Å². The second-order valence-corrected chi connectivity index (χ2v) is 5.67. The molecule has 1 heterocycles. The molecule has 16 heavy (non-hydrogen) atoms. The van der Waals surface area contributed by atoms with Crippen LogP contribution in [0.5, 0.6) is 0 Å². The molecule has 84 valence electrons. The molecule has 2 rings (SSSR count). The van der Waals surface area contributed by atoms with E-state index in [9.17, 15) is 0 Å². The van der Waals surface area contributed by atoms with E-state index in [1.165, 1.54) is 11.1 Å². The van der Waals surface area contributed by atoms with Gasteiger partial charge in [0.25, 0.3) is 0 Å². The van der Waals surface area contributed by atoms with Crippen LogP contribution in [0, 0.1) is 6.92 Å². The summed E-state index contributed by atoms with van der Waals surface area (Å²) in [4.78, 5) is 1.06. The maximum Gasteiger partial charge on any atom is 0.0733 e. The van der Waals surface area contributed by atoms with Crippen molar-refractivity contribution in [2.45, 2.75) is 18.7 Å². The number of hydrogen-bond donors (Lipinski definition) is 0. The Morgan fingerprint density at radius 1 is 1.19 bits per heavy atom. The third-order valence-electron chi connectivity index (χ3n) is 2.46. The van der Waals surface area contributed by atoms with Gasteiger partial charge in [0.05, 0.1) is 10.4 Å². The standard InChI is InChI=1S/C13H12Cl2S/c1-9-2-4-10(5-3-9)8-12(15)13-11(14)6-7-16-13/h2-7,12H,8H2,1H3. The van der Waals surface area contributed by atoms with Crippen LogP contribution in [-0.2, 0) is 6.42 Å². The van der Waals surface area contributed by atoms with Gasteiger partial charge in [0.1, 0.15) is 0 Å². The van der Waals surface area contributed by atoms with Crippen molar-refractivity contribution in [1.29, 1.82) is 0 Å². The first-order valence-electron chi connectivity index (χ1n) is 5.09. The van der Waals surface area contributed by atoms with E-state index in [1.54, 1.807) is 11.3 Å². The highest BCUT2D eigenvalue weighted by molar-refractivity contribution is 7.11. The number of aryl methyl sites for hydroxylation is 1. The van der Waals surface area contributed by atoms with Crippen molar-refractivity contribution in [1.82, 2.24) is 0 Å². The molecule has 1 aromatic carbocycles. The van der Waals surface area contributed by atoms with Crippen molar-refractivity contribution in [3.05, 3.63) is 56.7 Å². The van der Waals surface area contributed by atoms with Gasteiger partial charge in [0.15, 0.2) is 0 Å². The Hall–Kier alpha value is -0.500. The van der Waals surface area contributed by atoms with E-state index in [4.69, 9.17) is 23.2 Å². The molecule has 2 aromatic rings. The predicted molar refractivity (Wildman–Crippen MR) is 72.8 cm³/mol. The van der Waals surface area contributed by atoms with Crippen molar-refractivity contribution in [2.24, 2.45) is 0 Å². The van der Waals surface area contributed by atoms with E-state index in [-0.39, 0.29) is 5.38 Å². The molecule has 0 N–H and O–H groups in total. The third kappa shape index (κ3) is 2.79. The Labute approximate surface area is 110 Å². The summed E-state index contributed by atoms with van der Waals surface area (Å²) in [6.45, 7) is 2.08. The van der Waals surface area contributed by atoms with Crippen LogP contribution < -0.4 is 0 Å². The molecule has 3 heteroatoms. The van der Waals surface area contributed by atoms with Gasteiger partial charge in [-0.15, -0.1) is 22.9 Å². The van der Waals surface area contributed by atoms with E-state index >= 15 is 0 Å². The summed E-state index contributed by atoms with van der Waals surface area (Å²) < 4.78 is 0. The van der Waals surface area contributed by atoms with E-state index < -0.39 is 0 Å². The van der Waals surface area contributed by atoms with Crippen molar-refractivity contribution in [3.8, 4) is 0 Å². The topological polar surface area (TPSA) is 0 Å². The van der Waals surface area contributed by atoms with Gasteiger partial charge in [-0.25, -0.2) is 0 Å². The normalized spacial score (nSPS) is 12.7. The number of benzene rings is 1. The van der Waals surface area contributed by atoms with Gasteiger partial charge in [-0.3, -0.25) is 0 Å². The van der Waals surface area contributed by atoms with Crippen molar-refractivity contribution in [3.63, 3.8) is 0 Å². The van der Waals surface area contributed by atoms with E-state index in [1.807, 2.05) is 11.4 Å². The Bertz CT molecular complexity index is 459. The SMILES string of the molecule is Cc1ccc(CC(Cl)c2sccc2Cl)cc1. The number of hydrogen-bond acceptors (Lipinski definition) is 1. The highest BCUT2D eigenvalue weighted by Gasteiger charge is 2.13. The molecule has 1 aromatic heterocycles. The molecule has 0 aliphatic carbocycles. The Morgan fingerprint density at radius 2 is 1.88 bits per heavy atom. The molecule has 0 spiro atoms. The average Bonchev–Trinajstić information content (AvgIpc) is 2.68. The zero-order chi connectivity index (χ0) is 11.5. The lowest BCUT2D eigenvalue weighted by molar-refractivity contribution is 0.939. The molecule has 0 amide bonds. The molecule has 0 saturated carbocycles. The average molecular weight is 271 g/mol. The fourth-order valence-corrected chi connectivity index (χ4v) is 3.22. The van der Waals surface area contributed by atoms with Crippen molar-refractivity contribution < 1.29 is 0 Å². The maximum atomic E-state index is 6.35. The van der Waals surface area contributed by atoms with E-state index in [2.05, 4.69) is 31.2 Å². The maximum absolute atomic E-state index is 6.35.